The lowest BCUT2D eigenvalue weighted by Crippen LogP contribution is -2.59. The Morgan fingerprint density at radius 3 is 2.24 bits per heavy atom. The van der Waals surface area contributed by atoms with Crippen molar-refractivity contribution >= 4 is 35.6 Å². The minimum absolute atomic E-state index is 0.162. The van der Waals surface area contributed by atoms with Crippen LogP contribution < -0.4 is 16.0 Å². The van der Waals surface area contributed by atoms with Gasteiger partial charge in [-0.3, -0.25) is 14.4 Å². The quantitative estimate of drug-likeness (QED) is 0.243. The predicted molar refractivity (Wildman–Crippen MR) is 182 cm³/mol. The number of amides is 4. The van der Waals surface area contributed by atoms with Crippen LogP contribution in [0.25, 0.3) is 0 Å². The molecule has 1 saturated heterocycles. The zero-order chi connectivity index (χ0) is 35.8. The van der Waals surface area contributed by atoms with Gasteiger partial charge in [-0.25, -0.2) is 14.6 Å². The molecule has 3 atom stereocenters. The lowest BCUT2D eigenvalue weighted by Gasteiger charge is -2.29. The van der Waals surface area contributed by atoms with Gasteiger partial charge in [-0.15, -0.1) is 0 Å². The van der Waals surface area contributed by atoms with Gasteiger partial charge in [0.15, 0.2) is 5.82 Å². The van der Waals surface area contributed by atoms with E-state index in [9.17, 15) is 24.0 Å². The molecule has 1 aromatic heterocycles. The van der Waals surface area contributed by atoms with E-state index in [0.717, 1.165) is 5.56 Å². The maximum Gasteiger partial charge on any atom is 0.408 e. The first-order chi connectivity index (χ1) is 23.2. The summed E-state index contributed by atoms with van der Waals surface area (Å²) in [6, 6.07) is 16.1. The molecule has 262 valence electrons. The van der Waals surface area contributed by atoms with Crippen molar-refractivity contribution in [2.45, 2.75) is 89.6 Å². The van der Waals surface area contributed by atoms with Crippen LogP contribution in [0.2, 0.25) is 0 Å². The van der Waals surface area contributed by atoms with Crippen LogP contribution in [0.1, 0.15) is 71.0 Å². The summed E-state index contributed by atoms with van der Waals surface area (Å²) in [5, 5.41) is 8.14. The molecule has 49 heavy (non-hydrogen) atoms. The van der Waals surface area contributed by atoms with Gasteiger partial charge < -0.3 is 34.9 Å². The van der Waals surface area contributed by atoms with E-state index in [1.165, 1.54) is 32.2 Å². The van der Waals surface area contributed by atoms with Gasteiger partial charge in [0.2, 0.25) is 11.8 Å². The number of ether oxygens (including phenoxy) is 2. The fraction of sp³-hybridized carbons (Fsp3) is 0.444. The van der Waals surface area contributed by atoms with Crippen molar-refractivity contribution in [1.82, 2.24) is 25.1 Å². The number of hydrogen-bond acceptors (Lipinski definition) is 8. The molecule has 13 heteroatoms. The van der Waals surface area contributed by atoms with Gasteiger partial charge in [-0.05, 0) is 71.4 Å². The fourth-order valence-electron chi connectivity index (χ4n) is 5.58. The van der Waals surface area contributed by atoms with E-state index in [2.05, 4.69) is 20.9 Å². The highest BCUT2D eigenvalue weighted by Gasteiger charge is 2.39. The Kier molecular flexibility index (Phi) is 11.8. The number of aryl methyl sites for hydroxylation is 1. The smallest absolute Gasteiger partial charge is 0.408 e. The van der Waals surface area contributed by atoms with Crippen LogP contribution in [-0.4, -0.2) is 81.1 Å². The van der Waals surface area contributed by atoms with Crippen LogP contribution in [0.4, 0.5) is 10.6 Å². The van der Waals surface area contributed by atoms with E-state index in [-0.39, 0.29) is 18.1 Å². The van der Waals surface area contributed by atoms with Crippen molar-refractivity contribution < 1.29 is 33.4 Å². The van der Waals surface area contributed by atoms with E-state index >= 15 is 0 Å². The number of esters is 1. The molecule has 1 aliphatic rings. The minimum Gasteiger partial charge on any atom is -0.467 e. The van der Waals surface area contributed by atoms with Gasteiger partial charge >= 0.3 is 12.1 Å². The molecule has 4 rings (SSSR count). The predicted octanol–water partition coefficient (Wildman–Crippen LogP) is 4.00. The van der Waals surface area contributed by atoms with E-state index in [0.29, 0.717) is 31.4 Å². The third-order valence-corrected chi connectivity index (χ3v) is 8.08. The number of aromatic nitrogens is 2. The second kappa shape index (κ2) is 15.8. The molecule has 0 spiro atoms. The summed E-state index contributed by atoms with van der Waals surface area (Å²) in [5.41, 5.74) is -0.525. The van der Waals surface area contributed by atoms with Crippen LogP contribution in [0.15, 0.2) is 73.2 Å². The highest BCUT2D eigenvalue weighted by Crippen LogP contribution is 2.28. The Balaban J connectivity index is 1.55. The van der Waals surface area contributed by atoms with Gasteiger partial charge in [0.1, 0.15) is 29.3 Å². The number of nitrogens with one attached hydrogen (secondary N) is 3. The standard InChI is InChI=1S/C36H46N6O7/c1-35(2,3)49-34(47)40-36(4,5)33(46)38-26(20-19-24-14-9-7-10-15-24)30(43)39-28-22-41(23-37-28)29(25-16-11-8-12-17-25)31(44)42-21-13-18-27(42)32(45)48-6/h7-12,14-17,22-23,26-27,29H,13,18-21H2,1-6H3,(H,38,46)(H,39,43)(H,40,47)/t26-,27+,29?/m1/s1. The first-order valence-electron chi connectivity index (χ1n) is 16.3. The maximum absolute atomic E-state index is 14.0. The molecule has 0 aliphatic carbocycles. The first-order valence-corrected chi connectivity index (χ1v) is 16.3. The van der Waals surface area contributed by atoms with Crippen LogP contribution in [0, 0.1) is 0 Å². The van der Waals surface area contributed by atoms with Crippen molar-refractivity contribution in [3.05, 3.63) is 84.3 Å². The monoisotopic (exact) mass is 674 g/mol. The zero-order valence-corrected chi connectivity index (χ0v) is 28.9. The number of nitrogens with zero attached hydrogens (tertiary/aromatic N) is 3. The Bertz CT molecular complexity index is 1620. The lowest BCUT2D eigenvalue weighted by molar-refractivity contribution is -0.151. The topological polar surface area (TPSA) is 161 Å². The molecule has 13 nitrogen and oxygen atoms in total. The van der Waals surface area contributed by atoms with Crippen LogP contribution in [0.3, 0.4) is 0 Å². The maximum atomic E-state index is 14.0. The number of anilines is 1. The molecule has 0 bridgehead atoms. The SMILES string of the molecule is COC(=O)[C@@H]1CCCN1C(=O)C(c1ccccc1)n1cnc(NC(=O)[C@@H](CCc2ccccc2)NC(=O)C(C)(C)NC(=O)OC(C)(C)C)c1. The number of carbonyl (C=O) groups excluding carboxylic acids is 5. The average molecular weight is 675 g/mol. The van der Waals surface area contributed by atoms with Crippen LogP contribution in [0.5, 0.6) is 0 Å². The molecule has 4 amide bonds. The van der Waals surface area contributed by atoms with Crippen LogP contribution in [-0.2, 0) is 35.1 Å². The molecule has 2 heterocycles. The number of alkyl carbamates (subject to hydrolysis) is 1. The van der Waals surface area contributed by atoms with Crippen molar-refractivity contribution in [2.24, 2.45) is 0 Å². The number of benzene rings is 2. The molecular weight excluding hydrogens is 628 g/mol. The van der Waals surface area contributed by atoms with Crippen LogP contribution >= 0.6 is 0 Å². The number of hydrogen-bond donors (Lipinski definition) is 3. The lowest BCUT2D eigenvalue weighted by atomic mass is 10.0. The van der Waals surface area contributed by atoms with Gasteiger partial charge in [0.25, 0.3) is 5.91 Å². The summed E-state index contributed by atoms with van der Waals surface area (Å²) < 4.78 is 11.9. The molecule has 2 aromatic carbocycles. The van der Waals surface area contributed by atoms with Crippen molar-refractivity contribution in [1.29, 1.82) is 0 Å². The van der Waals surface area contributed by atoms with E-state index in [1.54, 1.807) is 31.5 Å². The Hall–Kier alpha value is -5.20. The summed E-state index contributed by atoms with van der Waals surface area (Å²) >= 11 is 0. The van der Waals surface area contributed by atoms with Gasteiger partial charge in [0, 0.05) is 12.7 Å². The molecular formula is C36H46N6O7. The molecule has 1 unspecified atom stereocenters. The number of imidazole rings is 1. The third kappa shape index (κ3) is 9.91. The Morgan fingerprint density at radius 1 is 0.959 bits per heavy atom. The summed E-state index contributed by atoms with van der Waals surface area (Å²) in [6.07, 6.45) is 4.12. The molecule has 3 aromatic rings. The Morgan fingerprint density at radius 2 is 1.61 bits per heavy atom. The molecule has 0 radical (unpaired) electrons. The van der Waals surface area contributed by atoms with E-state index in [4.69, 9.17) is 9.47 Å². The van der Waals surface area contributed by atoms with Gasteiger partial charge in [-0.1, -0.05) is 60.7 Å². The summed E-state index contributed by atoms with van der Waals surface area (Å²) in [7, 11) is 1.30. The second-order valence-electron chi connectivity index (χ2n) is 13.5. The molecule has 1 aliphatic heterocycles. The first kappa shape index (κ1) is 36.6. The van der Waals surface area contributed by atoms with E-state index < -0.39 is 53.1 Å². The molecule has 1 fully saturated rings. The fourth-order valence-corrected chi connectivity index (χ4v) is 5.58. The zero-order valence-electron chi connectivity index (χ0n) is 28.9. The Labute approximate surface area is 286 Å². The van der Waals surface area contributed by atoms with Crippen molar-refractivity contribution in [3.8, 4) is 0 Å². The third-order valence-electron chi connectivity index (χ3n) is 8.08. The van der Waals surface area contributed by atoms with Crippen molar-refractivity contribution in [2.75, 3.05) is 19.0 Å². The number of carbonyl (C=O) groups is 5. The number of methoxy groups -OCH3 is 1. The molecule has 0 saturated carbocycles. The number of likely N-dealkylation sites (tertiary alicyclic amines) is 1. The number of rotatable bonds is 12. The van der Waals surface area contributed by atoms with Crippen molar-refractivity contribution in [3.63, 3.8) is 0 Å². The summed E-state index contributed by atoms with van der Waals surface area (Å²) in [6.45, 7) is 8.59. The average Bonchev–Trinajstić information content (AvgIpc) is 3.72. The normalized spacial score (nSPS) is 15.9. The highest BCUT2D eigenvalue weighted by molar-refractivity contribution is 5.98. The summed E-state index contributed by atoms with van der Waals surface area (Å²) in [5.74, 6) is -1.73. The second-order valence-corrected chi connectivity index (χ2v) is 13.5. The minimum atomic E-state index is -1.41. The molecule has 3 N–H and O–H groups in total. The highest BCUT2D eigenvalue weighted by atomic mass is 16.6. The van der Waals surface area contributed by atoms with Gasteiger partial charge in [-0.2, -0.15) is 0 Å². The van der Waals surface area contributed by atoms with Gasteiger partial charge in [0.05, 0.1) is 13.4 Å². The van der Waals surface area contributed by atoms with E-state index in [1.807, 2.05) is 60.7 Å². The largest absolute Gasteiger partial charge is 0.467 e. The summed E-state index contributed by atoms with van der Waals surface area (Å²) in [4.78, 5) is 72.0.